The van der Waals surface area contributed by atoms with Crippen LogP contribution in [0.3, 0.4) is 0 Å². The van der Waals surface area contributed by atoms with Crippen LogP contribution in [0, 0.1) is 0 Å². The van der Waals surface area contributed by atoms with Crippen LogP contribution in [0.15, 0.2) is 24.4 Å². The molecule has 0 saturated heterocycles. The average Bonchev–Trinajstić information content (AvgIpc) is 2.71. The summed E-state index contributed by atoms with van der Waals surface area (Å²) in [4.78, 5) is 5.37. The number of hydrogen-bond donors (Lipinski definition) is 1. The number of nitrogens with zero attached hydrogens (tertiary/aromatic N) is 1. The Morgan fingerprint density at radius 2 is 2.06 bits per heavy atom. The predicted molar refractivity (Wildman–Crippen MR) is 70.2 cm³/mol. The molecule has 0 aliphatic carbocycles. The normalized spacial score (nSPS) is 12.8. The Morgan fingerprint density at radius 1 is 1.31 bits per heavy atom. The molecule has 16 heavy (non-hydrogen) atoms. The number of rotatable bonds is 2. The van der Waals surface area contributed by atoms with Gasteiger partial charge in [-0.25, -0.2) is 4.98 Å². The van der Waals surface area contributed by atoms with Gasteiger partial charge in [0.25, 0.3) is 0 Å². The highest BCUT2D eigenvalue weighted by molar-refractivity contribution is 7.15. The largest absolute Gasteiger partial charge is 0.323 e. The van der Waals surface area contributed by atoms with Gasteiger partial charge >= 0.3 is 0 Å². The number of halogens is 2. The molecule has 0 aliphatic rings. The molecule has 0 saturated carbocycles. The van der Waals surface area contributed by atoms with Gasteiger partial charge in [0.05, 0.1) is 10.0 Å². The lowest BCUT2D eigenvalue weighted by Gasteiger charge is -2.00. The van der Waals surface area contributed by atoms with Gasteiger partial charge in [-0.1, -0.05) is 29.3 Å². The summed E-state index contributed by atoms with van der Waals surface area (Å²) in [6.45, 7) is 1.94. The SMILES string of the molecule is CC(N)c1cnc(-c2ccc(Cl)c(Cl)c2)s1. The number of benzene rings is 1. The van der Waals surface area contributed by atoms with Crippen LogP contribution in [0.4, 0.5) is 0 Å². The molecule has 1 aromatic heterocycles. The highest BCUT2D eigenvalue weighted by Crippen LogP contribution is 2.32. The van der Waals surface area contributed by atoms with Crippen LogP contribution < -0.4 is 5.73 Å². The van der Waals surface area contributed by atoms with Crippen molar-refractivity contribution in [1.82, 2.24) is 4.98 Å². The van der Waals surface area contributed by atoms with Gasteiger partial charge in [-0.3, -0.25) is 0 Å². The van der Waals surface area contributed by atoms with E-state index in [4.69, 9.17) is 28.9 Å². The van der Waals surface area contributed by atoms with Gasteiger partial charge in [-0.05, 0) is 19.1 Å². The van der Waals surface area contributed by atoms with E-state index in [0.29, 0.717) is 10.0 Å². The molecule has 0 spiro atoms. The molecular formula is C11H10Cl2N2S. The van der Waals surface area contributed by atoms with Crippen LogP contribution in [0.2, 0.25) is 10.0 Å². The van der Waals surface area contributed by atoms with Crippen LogP contribution in [0.5, 0.6) is 0 Å². The van der Waals surface area contributed by atoms with E-state index in [1.807, 2.05) is 19.1 Å². The number of aromatic nitrogens is 1. The first-order valence-electron chi connectivity index (χ1n) is 4.74. The molecule has 0 fully saturated rings. The predicted octanol–water partition coefficient (Wildman–Crippen LogP) is 4.14. The first kappa shape index (κ1) is 11.9. The Bertz CT molecular complexity index is 508. The monoisotopic (exact) mass is 272 g/mol. The molecule has 0 radical (unpaired) electrons. The Kier molecular flexibility index (Phi) is 3.50. The maximum atomic E-state index is 5.95. The van der Waals surface area contributed by atoms with Gasteiger partial charge in [-0.15, -0.1) is 11.3 Å². The van der Waals surface area contributed by atoms with Crippen molar-refractivity contribution in [3.8, 4) is 10.6 Å². The van der Waals surface area contributed by atoms with Crippen molar-refractivity contribution in [3.63, 3.8) is 0 Å². The summed E-state index contributed by atoms with van der Waals surface area (Å²) in [5.74, 6) is 0. The van der Waals surface area contributed by atoms with Crippen LogP contribution >= 0.6 is 34.5 Å². The van der Waals surface area contributed by atoms with Gasteiger partial charge in [0, 0.05) is 22.7 Å². The second kappa shape index (κ2) is 4.72. The molecular weight excluding hydrogens is 263 g/mol. The summed E-state index contributed by atoms with van der Waals surface area (Å²) in [5.41, 5.74) is 6.75. The van der Waals surface area contributed by atoms with E-state index in [0.717, 1.165) is 15.4 Å². The Morgan fingerprint density at radius 3 is 2.62 bits per heavy atom. The van der Waals surface area contributed by atoms with E-state index in [1.54, 1.807) is 23.6 Å². The summed E-state index contributed by atoms with van der Waals surface area (Å²) in [6, 6.07) is 5.49. The van der Waals surface area contributed by atoms with Crippen molar-refractivity contribution in [1.29, 1.82) is 0 Å². The molecule has 0 bridgehead atoms. The smallest absolute Gasteiger partial charge is 0.123 e. The second-order valence-corrected chi connectivity index (χ2v) is 5.36. The van der Waals surface area contributed by atoms with E-state index >= 15 is 0 Å². The summed E-state index contributed by atoms with van der Waals surface area (Å²) in [7, 11) is 0. The van der Waals surface area contributed by atoms with E-state index in [1.165, 1.54) is 0 Å². The maximum Gasteiger partial charge on any atom is 0.123 e. The number of thiazole rings is 1. The van der Waals surface area contributed by atoms with Gasteiger partial charge in [-0.2, -0.15) is 0 Å². The van der Waals surface area contributed by atoms with E-state index in [-0.39, 0.29) is 6.04 Å². The van der Waals surface area contributed by atoms with E-state index in [9.17, 15) is 0 Å². The van der Waals surface area contributed by atoms with Gasteiger partial charge in [0.1, 0.15) is 5.01 Å². The first-order chi connectivity index (χ1) is 7.58. The minimum atomic E-state index is 0.00835. The molecule has 2 N–H and O–H groups in total. The molecule has 2 rings (SSSR count). The summed E-state index contributed by atoms with van der Waals surface area (Å²) < 4.78 is 0. The summed E-state index contributed by atoms with van der Waals surface area (Å²) >= 11 is 13.4. The molecule has 84 valence electrons. The Balaban J connectivity index is 2.39. The van der Waals surface area contributed by atoms with E-state index < -0.39 is 0 Å². The van der Waals surface area contributed by atoms with Crippen LogP contribution in [-0.2, 0) is 0 Å². The van der Waals surface area contributed by atoms with Crippen molar-refractivity contribution in [3.05, 3.63) is 39.3 Å². The van der Waals surface area contributed by atoms with Crippen molar-refractivity contribution in [2.24, 2.45) is 5.73 Å². The molecule has 5 heteroatoms. The molecule has 0 aliphatic heterocycles. The summed E-state index contributed by atoms with van der Waals surface area (Å²) in [5, 5.41) is 2.00. The van der Waals surface area contributed by atoms with Crippen LogP contribution in [-0.4, -0.2) is 4.98 Å². The third-order valence-corrected chi connectivity index (χ3v) is 4.13. The van der Waals surface area contributed by atoms with Crippen molar-refractivity contribution in [2.45, 2.75) is 13.0 Å². The zero-order chi connectivity index (χ0) is 11.7. The number of hydrogen-bond acceptors (Lipinski definition) is 3. The number of nitrogens with two attached hydrogens (primary N) is 1. The third kappa shape index (κ3) is 2.38. The molecule has 2 aromatic rings. The Hall–Kier alpha value is -0.610. The molecule has 1 aromatic carbocycles. The minimum Gasteiger partial charge on any atom is -0.323 e. The van der Waals surface area contributed by atoms with Gasteiger partial charge in [0.2, 0.25) is 0 Å². The molecule has 1 atom stereocenters. The highest BCUT2D eigenvalue weighted by Gasteiger charge is 2.08. The second-order valence-electron chi connectivity index (χ2n) is 3.49. The quantitative estimate of drug-likeness (QED) is 0.893. The molecule has 2 nitrogen and oxygen atoms in total. The van der Waals surface area contributed by atoms with Crippen molar-refractivity contribution < 1.29 is 0 Å². The summed E-state index contributed by atoms with van der Waals surface area (Å²) in [6.07, 6.45) is 1.80. The van der Waals surface area contributed by atoms with Crippen LogP contribution in [0.1, 0.15) is 17.8 Å². The fourth-order valence-corrected chi connectivity index (χ4v) is 2.42. The fourth-order valence-electron chi connectivity index (χ4n) is 1.26. The first-order valence-corrected chi connectivity index (χ1v) is 6.32. The third-order valence-electron chi connectivity index (χ3n) is 2.14. The van der Waals surface area contributed by atoms with Gasteiger partial charge in [0.15, 0.2) is 0 Å². The molecule has 1 heterocycles. The maximum absolute atomic E-state index is 5.95. The molecule has 0 amide bonds. The zero-order valence-electron chi connectivity index (χ0n) is 8.58. The zero-order valence-corrected chi connectivity index (χ0v) is 10.9. The average molecular weight is 273 g/mol. The van der Waals surface area contributed by atoms with Gasteiger partial charge < -0.3 is 5.73 Å². The lowest BCUT2D eigenvalue weighted by molar-refractivity contribution is 0.835. The fraction of sp³-hybridized carbons (Fsp3) is 0.182. The molecule has 1 unspecified atom stereocenters. The topological polar surface area (TPSA) is 38.9 Å². The standard InChI is InChI=1S/C11H10Cl2N2S/c1-6(14)10-5-15-11(16-10)7-2-3-8(12)9(13)4-7/h2-6H,14H2,1H3. The van der Waals surface area contributed by atoms with Crippen molar-refractivity contribution in [2.75, 3.05) is 0 Å². The van der Waals surface area contributed by atoms with Crippen molar-refractivity contribution >= 4 is 34.5 Å². The minimum absolute atomic E-state index is 0.00835. The lowest BCUT2D eigenvalue weighted by atomic mass is 10.2. The highest BCUT2D eigenvalue weighted by atomic mass is 35.5. The van der Waals surface area contributed by atoms with E-state index in [2.05, 4.69) is 4.98 Å². The van der Waals surface area contributed by atoms with Crippen LogP contribution in [0.25, 0.3) is 10.6 Å². The Labute approximate surface area is 108 Å². The lowest BCUT2D eigenvalue weighted by Crippen LogP contribution is -2.01.